The molecule has 3 aromatic carbocycles. The van der Waals surface area contributed by atoms with Gasteiger partial charge in [-0.2, -0.15) is 0 Å². The van der Waals surface area contributed by atoms with Crippen molar-refractivity contribution in [1.29, 1.82) is 0 Å². The maximum absolute atomic E-state index is 12.5. The van der Waals surface area contributed by atoms with Gasteiger partial charge in [-0.05, 0) is 54.8 Å². The zero-order valence-corrected chi connectivity index (χ0v) is 23.4. The van der Waals surface area contributed by atoms with E-state index in [1.54, 1.807) is 21.1 Å². The van der Waals surface area contributed by atoms with Crippen molar-refractivity contribution in [3.05, 3.63) is 128 Å². The number of aryl methyl sites for hydroxylation is 1. The summed E-state index contributed by atoms with van der Waals surface area (Å²) in [6, 6.07) is 25.2. The van der Waals surface area contributed by atoms with Gasteiger partial charge in [0.1, 0.15) is 29.4 Å². The number of hydrogen-bond donors (Lipinski definition) is 2. The van der Waals surface area contributed by atoms with Gasteiger partial charge in [-0.25, -0.2) is 4.79 Å². The number of methoxy groups -OCH3 is 2. The summed E-state index contributed by atoms with van der Waals surface area (Å²) < 4.78 is 25.4. The van der Waals surface area contributed by atoms with E-state index < -0.39 is 41.4 Å². The highest BCUT2D eigenvalue weighted by molar-refractivity contribution is 5.49. The molecule has 41 heavy (non-hydrogen) atoms. The van der Waals surface area contributed by atoms with E-state index in [4.69, 9.17) is 18.9 Å². The zero-order valence-electron chi connectivity index (χ0n) is 23.4. The average Bonchev–Trinajstić information content (AvgIpc) is 3.39. The van der Waals surface area contributed by atoms with Crippen LogP contribution in [0.4, 0.5) is 0 Å². The van der Waals surface area contributed by atoms with E-state index in [-0.39, 0.29) is 6.42 Å². The molecule has 1 aromatic heterocycles. The number of hydrogen-bond acceptors (Lipinski definition) is 7. The third kappa shape index (κ3) is 5.44. The summed E-state index contributed by atoms with van der Waals surface area (Å²) in [5.74, 6) is 1.41. The van der Waals surface area contributed by atoms with Gasteiger partial charge in [-0.3, -0.25) is 14.3 Å². The predicted octanol–water partition coefficient (Wildman–Crippen LogP) is 3.91. The van der Waals surface area contributed by atoms with Crippen LogP contribution in [0, 0.1) is 6.92 Å². The molecule has 4 aromatic rings. The Kier molecular flexibility index (Phi) is 8.12. The SMILES string of the molecule is COc1ccc(C(OC(C)[C@@H]2O[C@@H](n3cc(C)c(=O)[nH]c3=O)C[C@@H]2O)(c2ccccc2)c2ccc(OC)cc2)cc1. The summed E-state index contributed by atoms with van der Waals surface area (Å²) in [7, 11) is 3.23. The van der Waals surface area contributed by atoms with Crippen LogP contribution < -0.4 is 20.7 Å². The minimum atomic E-state index is -1.11. The van der Waals surface area contributed by atoms with Crippen molar-refractivity contribution in [3.63, 3.8) is 0 Å². The maximum Gasteiger partial charge on any atom is 0.330 e. The van der Waals surface area contributed by atoms with Crippen molar-refractivity contribution in [3.8, 4) is 11.5 Å². The fourth-order valence-corrected chi connectivity index (χ4v) is 5.45. The Hall–Kier alpha value is -4.18. The number of nitrogens with zero attached hydrogens (tertiary/aromatic N) is 1. The highest BCUT2D eigenvalue weighted by atomic mass is 16.6. The average molecular weight is 559 g/mol. The van der Waals surface area contributed by atoms with E-state index in [1.807, 2.05) is 85.8 Å². The molecule has 0 aliphatic carbocycles. The Balaban J connectivity index is 1.58. The largest absolute Gasteiger partial charge is 0.497 e. The molecule has 0 amide bonds. The third-order valence-electron chi connectivity index (χ3n) is 7.59. The second kappa shape index (κ2) is 11.7. The first-order valence-corrected chi connectivity index (χ1v) is 13.4. The highest BCUT2D eigenvalue weighted by Crippen LogP contribution is 2.44. The first kappa shape index (κ1) is 28.4. The lowest BCUT2D eigenvalue weighted by molar-refractivity contribution is -0.137. The van der Waals surface area contributed by atoms with Crippen molar-refractivity contribution in [2.75, 3.05) is 14.2 Å². The summed E-state index contributed by atoms with van der Waals surface area (Å²) >= 11 is 0. The van der Waals surface area contributed by atoms with Crippen LogP contribution in [0.5, 0.6) is 11.5 Å². The summed E-state index contributed by atoms with van der Waals surface area (Å²) in [6.45, 7) is 3.46. The van der Waals surface area contributed by atoms with Gasteiger partial charge in [0.2, 0.25) is 0 Å². The first-order chi connectivity index (χ1) is 19.8. The van der Waals surface area contributed by atoms with E-state index in [0.29, 0.717) is 17.1 Å². The molecule has 2 N–H and O–H groups in total. The lowest BCUT2D eigenvalue weighted by Crippen LogP contribution is -2.43. The van der Waals surface area contributed by atoms with E-state index >= 15 is 0 Å². The van der Waals surface area contributed by atoms with Crippen molar-refractivity contribution >= 4 is 0 Å². The number of aromatic nitrogens is 2. The number of aliphatic hydroxyl groups excluding tert-OH is 1. The molecule has 0 spiro atoms. The molecular formula is C32H34N2O7. The summed E-state index contributed by atoms with van der Waals surface area (Å²) in [4.78, 5) is 26.7. The predicted molar refractivity (Wildman–Crippen MR) is 153 cm³/mol. The minimum Gasteiger partial charge on any atom is -0.497 e. The van der Waals surface area contributed by atoms with Crippen molar-refractivity contribution in [1.82, 2.24) is 9.55 Å². The van der Waals surface area contributed by atoms with Gasteiger partial charge >= 0.3 is 5.69 Å². The highest BCUT2D eigenvalue weighted by Gasteiger charge is 2.45. The summed E-state index contributed by atoms with van der Waals surface area (Å²) in [5.41, 5.74) is 0.783. The van der Waals surface area contributed by atoms with Crippen molar-refractivity contribution in [2.24, 2.45) is 0 Å². The van der Waals surface area contributed by atoms with Crippen LogP contribution in [0.1, 0.15) is 41.8 Å². The molecule has 1 aliphatic heterocycles. The van der Waals surface area contributed by atoms with Crippen LogP contribution in [0.3, 0.4) is 0 Å². The molecule has 1 saturated heterocycles. The number of aromatic amines is 1. The van der Waals surface area contributed by atoms with E-state index in [1.165, 1.54) is 10.8 Å². The molecule has 0 saturated carbocycles. The van der Waals surface area contributed by atoms with Crippen LogP contribution >= 0.6 is 0 Å². The molecule has 214 valence electrons. The molecule has 2 heterocycles. The molecule has 1 unspecified atom stereocenters. The Morgan fingerprint density at radius 2 is 1.44 bits per heavy atom. The first-order valence-electron chi connectivity index (χ1n) is 13.4. The fraction of sp³-hybridized carbons (Fsp3) is 0.312. The van der Waals surface area contributed by atoms with Crippen molar-refractivity contribution in [2.45, 2.75) is 50.4 Å². The van der Waals surface area contributed by atoms with Gasteiger partial charge in [0.25, 0.3) is 5.56 Å². The Morgan fingerprint density at radius 1 is 0.902 bits per heavy atom. The number of ether oxygens (including phenoxy) is 4. The Morgan fingerprint density at radius 3 is 1.98 bits per heavy atom. The van der Waals surface area contributed by atoms with Crippen LogP contribution in [-0.2, 0) is 15.1 Å². The second-order valence-corrected chi connectivity index (χ2v) is 10.2. The zero-order chi connectivity index (χ0) is 29.1. The van der Waals surface area contributed by atoms with Gasteiger partial charge in [0.15, 0.2) is 0 Å². The molecule has 4 atom stereocenters. The maximum atomic E-state index is 12.5. The van der Waals surface area contributed by atoms with Crippen LogP contribution in [0.2, 0.25) is 0 Å². The van der Waals surface area contributed by atoms with Crippen LogP contribution in [-0.4, -0.2) is 47.2 Å². The number of aliphatic hydroxyl groups is 1. The number of nitrogens with one attached hydrogen (secondary N) is 1. The van der Waals surface area contributed by atoms with Crippen LogP contribution in [0.15, 0.2) is 94.6 Å². The van der Waals surface area contributed by atoms with Gasteiger partial charge < -0.3 is 24.1 Å². The van der Waals surface area contributed by atoms with Gasteiger partial charge in [0.05, 0.1) is 26.4 Å². The van der Waals surface area contributed by atoms with E-state index in [9.17, 15) is 14.7 Å². The third-order valence-corrected chi connectivity index (χ3v) is 7.59. The van der Waals surface area contributed by atoms with E-state index in [2.05, 4.69) is 4.98 Å². The number of benzene rings is 3. The van der Waals surface area contributed by atoms with E-state index in [0.717, 1.165) is 16.7 Å². The fourth-order valence-electron chi connectivity index (χ4n) is 5.45. The Labute approximate surface area is 237 Å². The molecule has 5 rings (SSSR count). The molecule has 1 fully saturated rings. The van der Waals surface area contributed by atoms with Gasteiger partial charge in [-0.15, -0.1) is 0 Å². The summed E-state index contributed by atoms with van der Waals surface area (Å²) in [5, 5.41) is 11.1. The molecule has 9 heteroatoms. The molecular weight excluding hydrogens is 524 g/mol. The normalized spacial score (nSPS) is 19.6. The second-order valence-electron chi connectivity index (χ2n) is 10.2. The molecule has 1 aliphatic rings. The monoisotopic (exact) mass is 558 g/mol. The smallest absolute Gasteiger partial charge is 0.330 e. The van der Waals surface area contributed by atoms with Crippen molar-refractivity contribution < 1.29 is 24.1 Å². The Bertz CT molecular complexity index is 1530. The molecule has 0 bridgehead atoms. The van der Waals surface area contributed by atoms with Gasteiger partial charge in [0, 0.05) is 18.2 Å². The van der Waals surface area contributed by atoms with Gasteiger partial charge in [-0.1, -0.05) is 54.6 Å². The topological polar surface area (TPSA) is 112 Å². The summed E-state index contributed by atoms with van der Waals surface area (Å²) in [6.07, 6.45) is -1.48. The lowest BCUT2D eigenvalue weighted by Gasteiger charge is -2.40. The number of rotatable bonds is 9. The number of H-pyrrole nitrogens is 1. The minimum absolute atomic E-state index is 0.160. The molecule has 9 nitrogen and oxygen atoms in total. The lowest BCUT2D eigenvalue weighted by atomic mass is 9.79. The molecule has 0 radical (unpaired) electrons. The quantitative estimate of drug-likeness (QED) is 0.300. The van der Waals surface area contributed by atoms with Crippen LogP contribution in [0.25, 0.3) is 0 Å². The standard InChI is InChI=1S/C32H34N2O7/c1-20-19-34(31(37)33-30(20)36)28-18-27(35)29(40-28)21(2)41-32(22-8-6-5-7-9-22,23-10-14-25(38-3)15-11-23)24-12-16-26(39-4)17-13-24/h5-17,19,21,27-29,35H,18H2,1-4H3,(H,33,36,37)/t21?,27-,28+,29-/m0/s1.